The molecule has 4 rings (SSSR count). The van der Waals surface area contributed by atoms with Crippen molar-refractivity contribution in [3.8, 4) is 11.3 Å². The maximum atomic E-state index is 14.0. The highest BCUT2D eigenvalue weighted by atomic mass is 19.3. The van der Waals surface area contributed by atoms with Crippen LogP contribution in [0.5, 0.6) is 0 Å². The van der Waals surface area contributed by atoms with Crippen molar-refractivity contribution in [3.63, 3.8) is 0 Å². The first-order chi connectivity index (χ1) is 16.1. The molecule has 2 aromatic rings. The highest BCUT2D eigenvalue weighted by Gasteiger charge is 2.42. The van der Waals surface area contributed by atoms with Gasteiger partial charge in [-0.3, -0.25) is 14.3 Å². The third-order valence-corrected chi connectivity index (χ3v) is 7.14. The minimum absolute atomic E-state index is 0.0818. The Bertz CT molecular complexity index is 1080. The van der Waals surface area contributed by atoms with Crippen molar-refractivity contribution < 1.29 is 18.4 Å². The van der Waals surface area contributed by atoms with Gasteiger partial charge in [0.15, 0.2) is 5.82 Å². The van der Waals surface area contributed by atoms with Gasteiger partial charge in [-0.1, -0.05) is 6.42 Å². The second kappa shape index (κ2) is 9.27. The van der Waals surface area contributed by atoms with Gasteiger partial charge in [0.2, 0.25) is 11.8 Å². The van der Waals surface area contributed by atoms with E-state index in [1.54, 1.807) is 35.9 Å². The summed E-state index contributed by atoms with van der Waals surface area (Å²) in [4.78, 5) is 27.0. The molecule has 1 aliphatic heterocycles. The molecule has 2 aliphatic rings. The fourth-order valence-electron chi connectivity index (χ4n) is 4.82. The molecule has 0 spiro atoms. The third-order valence-electron chi connectivity index (χ3n) is 7.14. The molecule has 0 aromatic carbocycles. The molecule has 2 fully saturated rings. The van der Waals surface area contributed by atoms with Gasteiger partial charge in [0.05, 0.1) is 22.9 Å². The predicted octanol–water partition coefficient (Wildman–Crippen LogP) is 2.59. The molecule has 34 heavy (non-hydrogen) atoms. The zero-order chi connectivity index (χ0) is 24.5. The first kappa shape index (κ1) is 24.0. The normalized spacial score (nSPS) is 19.2. The van der Waals surface area contributed by atoms with Crippen LogP contribution >= 0.6 is 0 Å². The lowest BCUT2D eigenvalue weighted by Gasteiger charge is -2.38. The average Bonchev–Trinajstić information content (AvgIpc) is 3.08. The van der Waals surface area contributed by atoms with Gasteiger partial charge in [-0.05, 0) is 38.2 Å². The minimum Gasteiger partial charge on any atom is -0.369 e. The van der Waals surface area contributed by atoms with Gasteiger partial charge in [-0.15, -0.1) is 10.2 Å². The number of hydrogen-bond donors (Lipinski definition) is 2. The highest BCUT2D eigenvalue weighted by molar-refractivity contribution is 6.01. The van der Waals surface area contributed by atoms with Crippen LogP contribution in [0, 0.1) is 12.3 Å². The number of aromatic nitrogens is 4. The van der Waals surface area contributed by atoms with Gasteiger partial charge in [0.1, 0.15) is 0 Å². The van der Waals surface area contributed by atoms with Gasteiger partial charge < -0.3 is 16.0 Å². The highest BCUT2D eigenvalue weighted by Crippen LogP contribution is 2.43. The number of nitrogens with zero attached hydrogens (tertiary/aromatic N) is 5. The Hall–Kier alpha value is -3.11. The number of halogens is 2. The summed E-state index contributed by atoms with van der Waals surface area (Å²) in [5.41, 5.74) is 7.15. The number of nitrogens with two attached hydrogens (primary N) is 1. The molecule has 0 unspecified atom stereocenters. The summed E-state index contributed by atoms with van der Waals surface area (Å²) >= 11 is 0. The zero-order valence-electron chi connectivity index (χ0n) is 19.6. The molecule has 0 atom stereocenters. The number of carbonyl (C=O) groups excluding carboxylic acids is 2. The van der Waals surface area contributed by atoms with Crippen LogP contribution in [0.25, 0.3) is 11.3 Å². The second-order valence-electron chi connectivity index (χ2n) is 9.48. The topological polar surface area (TPSA) is 119 Å². The molecule has 2 amide bonds. The number of alkyl halides is 2. The number of nitrogens with one attached hydrogen (secondary N) is 1. The van der Waals surface area contributed by atoms with Crippen LogP contribution in [0.15, 0.2) is 12.4 Å². The van der Waals surface area contributed by atoms with E-state index in [9.17, 15) is 18.4 Å². The van der Waals surface area contributed by atoms with E-state index in [4.69, 9.17) is 5.73 Å². The van der Waals surface area contributed by atoms with Gasteiger partial charge in [0, 0.05) is 51.3 Å². The summed E-state index contributed by atoms with van der Waals surface area (Å²) in [7, 11) is 1.78. The predicted molar refractivity (Wildman–Crippen MR) is 122 cm³/mol. The Morgan fingerprint density at radius 2 is 1.91 bits per heavy atom. The Morgan fingerprint density at radius 1 is 1.15 bits per heavy atom. The first-order valence-electron chi connectivity index (χ1n) is 11.7. The summed E-state index contributed by atoms with van der Waals surface area (Å²) in [6.45, 7) is 2.50. The number of hydrogen-bond acceptors (Lipinski definition) is 6. The summed E-state index contributed by atoms with van der Waals surface area (Å²) in [5.74, 6) is -3.14. The Balaban J connectivity index is 1.63. The van der Waals surface area contributed by atoms with E-state index < -0.39 is 11.3 Å². The lowest BCUT2D eigenvalue weighted by molar-refractivity contribution is -0.132. The molecule has 0 bridgehead atoms. The number of aryl methyl sites for hydroxylation is 1. The molecule has 3 heterocycles. The Morgan fingerprint density at radius 3 is 2.53 bits per heavy atom. The fraction of sp³-hybridized carbons (Fsp3) is 0.609. The Kier molecular flexibility index (Phi) is 6.55. The second-order valence-corrected chi connectivity index (χ2v) is 9.48. The van der Waals surface area contributed by atoms with Gasteiger partial charge >= 0.3 is 0 Å². The lowest BCUT2D eigenvalue weighted by Crippen LogP contribution is -2.45. The van der Waals surface area contributed by atoms with Crippen molar-refractivity contribution in [1.82, 2.24) is 25.3 Å². The maximum Gasteiger partial charge on any atom is 0.255 e. The molecule has 9 nitrogen and oxygen atoms in total. The first-order valence-corrected chi connectivity index (χ1v) is 11.7. The van der Waals surface area contributed by atoms with Crippen molar-refractivity contribution in [2.75, 3.05) is 24.5 Å². The molecular weight excluding hydrogens is 444 g/mol. The quantitative estimate of drug-likeness (QED) is 0.635. The van der Waals surface area contributed by atoms with E-state index in [1.807, 2.05) is 0 Å². The summed E-state index contributed by atoms with van der Waals surface area (Å²) in [6, 6.07) is 0. The molecule has 3 N–H and O–H groups in total. The molecule has 0 radical (unpaired) electrons. The van der Waals surface area contributed by atoms with Crippen LogP contribution in [0.3, 0.4) is 0 Å². The van der Waals surface area contributed by atoms with Crippen molar-refractivity contribution in [3.05, 3.63) is 23.5 Å². The Labute approximate surface area is 197 Å². The zero-order valence-corrected chi connectivity index (χ0v) is 19.6. The van der Waals surface area contributed by atoms with Crippen molar-refractivity contribution in [1.29, 1.82) is 0 Å². The monoisotopic (exact) mass is 475 g/mol. The van der Waals surface area contributed by atoms with E-state index in [0.29, 0.717) is 47.6 Å². The number of primary amides is 1. The van der Waals surface area contributed by atoms with Crippen LogP contribution in [-0.2, 0) is 11.8 Å². The standard InChI is InChI=1S/C23H31F2N7O2/c1-15-17(20(33)27-10-8-22(21(26)34)5-3-6-22)19(32-11-4-7-23(24,25)9-12-32)30-29-18(15)16-13-28-31(2)14-16/h13-14H,3-12H2,1-2H3,(H2,26,34)(H,27,33). The van der Waals surface area contributed by atoms with E-state index >= 15 is 0 Å². The summed E-state index contributed by atoms with van der Waals surface area (Å²) in [5, 5.41) is 15.7. The molecule has 184 valence electrons. The van der Waals surface area contributed by atoms with Crippen molar-refractivity contribution >= 4 is 17.6 Å². The van der Waals surface area contributed by atoms with Crippen LogP contribution in [-0.4, -0.2) is 57.3 Å². The van der Waals surface area contributed by atoms with Crippen molar-refractivity contribution in [2.45, 2.75) is 57.8 Å². The maximum absolute atomic E-state index is 14.0. The largest absolute Gasteiger partial charge is 0.369 e. The van der Waals surface area contributed by atoms with E-state index in [-0.39, 0.29) is 37.7 Å². The number of amides is 2. The molecule has 11 heteroatoms. The fourth-order valence-corrected chi connectivity index (χ4v) is 4.82. The summed E-state index contributed by atoms with van der Waals surface area (Å²) < 4.78 is 29.6. The number of carbonyl (C=O) groups is 2. The molecule has 1 aliphatic carbocycles. The molecule has 1 saturated heterocycles. The molecule has 2 aromatic heterocycles. The molecule has 1 saturated carbocycles. The van der Waals surface area contributed by atoms with E-state index in [2.05, 4.69) is 20.6 Å². The smallest absolute Gasteiger partial charge is 0.255 e. The van der Waals surface area contributed by atoms with Crippen LogP contribution in [0.4, 0.5) is 14.6 Å². The van der Waals surface area contributed by atoms with Crippen LogP contribution < -0.4 is 16.0 Å². The van der Waals surface area contributed by atoms with E-state index in [0.717, 1.165) is 19.3 Å². The SMILES string of the molecule is Cc1c(-c2cnn(C)c2)nnc(N2CCCC(F)(F)CC2)c1C(=O)NCCC1(C(N)=O)CCC1. The average molecular weight is 476 g/mol. The lowest BCUT2D eigenvalue weighted by atomic mass is 9.66. The van der Waals surface area contributed by atoms with E-state index in [1.165, 1.54) is 0 Å². The van der Waals surface area contributed by atoms with Gasteiger partial charge in [-0.2, -0.15) is 5.10 Å². The number of anilines is 1. The summed E-state index contributed by atoms with van der Waals surface area (Å²) in [6.07, 6.45) is 6.07. The third kappa shape index (κ3) is 4.74. The van der Waals surface area contributed by atoms with Crippen LogP contribution in [0.1, 0.15) is 60.9 Å². The minimum atomic E-state index is -2.73. The van der Waals surface area contributed by atoms with Gasteiger partial charge in [0.25, 0.3) is 5.91 Å². The number of rotatable bonds is 7. The van der Waals surface area contributed by atoms with Crippen LogP contribution in [0.2, 0.25) is 0 Å². The van der Waals surface area contributed by atoms with Gasteiger partial charge in [-0.25, -0.2) is 8.78 Å². The van der Waals surface area contributed by atoms with Crippen molar-refractivity contribution in [2.24, 2.45) is 18.2 Å². The molecular formula is C23H31F2N7O2.